The molecule has 0 saturated carbocycles. The first kappa shape index (κ1) is 17.3. The molecule has 0 saturated heterocycles. The Morgan fingerprint density at radius 3 is 2.38 bits per heavy atom. The second-order valence-electron chi connectivity index (χ2n) is 5.74. The Balaban J connectivity index is 2.63. The highest BCUT2D eigenvalue weighted by Gasteiger charge is 2.13. The largest absolute Gasteiger partial charge is 0.492 e. The molecule has 0 aliphatic heterocycles. The maximum Gasteiger partial charge on any atom is 0.170 e. The van der Waals surface area contributed by atoms with E-state index >= 15 is 0 Å². The second kappa shape index (κ2) is 7.88. The van der Waals surface area contributed by atoms with Gasteiger partial charge in [0.15, 0.2) is 5.84 Å². The minimum atomic E-state index is 0.116. The molecule has 1 aromatic rings. The predicted octanol–water partition coefficient (Wildman–Crippen LogP) is 2.59. The minimum absolute atomic E-state index is 0.116. The molecule has 5 heteroatoms. The summed E-state index contributed by atoms with van der Waals surface area (Å²) in [4.78, 5) is 2.39. The van der Waals surface area contributed by atoms with Crippen LogP contribution in [0.3, 0.4) is 0 Å². The number of ether oxygens (including phenoxy) is 1. The standard InChI is InChI=1S/C16H27N3O2/c1-11(2)19(12(3)4)8-9-21-14-6-7-15(13(5)10-14)16(17)18-20/h6-7,10-12,20H,8-9H2,1-5H3,(H2,17,18). The number of hydrogen-bond acceptors (Lipinski definition) is 4. The van der Waals surface area contributed by atoms with Gasteiger partial charge in [-0.2, -0.15) is 0 Å². The molecule has 0 atom stereocenters. The SMILES string of the molecule is Cc1cc(OCCN(C(C)C)C(C)C)ccc1/C(N)=N/O. The van der Waals surface area contributed by atoms with Crippen molar-refractivity contribution in [3.05, 3.63) is 29.3 Å². The highest BCUT2D eigenvalue weighted by molar-refractivity contribution is 5.98. The monoisotopic (exact) mass is 293 g/mol. The molecule has 0 aliphatic carbocycles. The van der Waals surface area contributed by atoms with Gasteiger partial charge in [-0.3, -0.25) is 4.90 Å². The van der Waals surface area contributed by atoms with Crippen molar-refractivity contribution in [3.8, 4) is 5.75 Å². The molecule has 0 aromatic heterocycles. The first-order valence-corrected chi connectivity index (χ1v) is 7.34. The highest BCUT2D eigenvalue weighted by Crippen LogP contribution is 2.17. The maximum atomic E-state index is 8.71. The van der Waals surface area contributed by atoms with Crippen LogP contribution in [-0.4, -0.2) is 41.2 Å². The van der Waals surface area contributed by atoms with Crippen LogP contribution in [0.2, 0.25) is 0 Å². The molecule has 0 fully saturated rings. The number of nitrogens with two attached hydrogens (primary N) is 1. The van der Waals surface area contributed by atoms with Crippen LogP contribution in [0.4, 0.5) is 0 Å². The highest BCUT2D eigenvalue weighted by atomic mass is 16.5. The smallest absolute Gasteiger partial charge is 0.170 e. The first-order valence-electron chi connectivity index (χ1n) is 7.34. The summed E-state index contributed by atoms with van der Waals surface area (Å²) < 4.78 is 5.80. The molecule has 0 radical (unpaired) electrons. The van der Waals surface area contributed by atoms with Crippen molar-refractivity contribution in [2.75, 3.05) is 13.2 Å². The fraction of sp³-hybridized carbons (Fsp3) is 0.562. The van der Waals surface area contributed by atoms with Gasteiger partial charge in [-0.25, -0.2) is 0 Å². The summed E-state index contributed by atoms with van der Waals surface area (Å²) in [5.74, 6) is 0.916. The van der Waals surface area contributed by atoms with Crippen LogP contribution >= 0.6 is 0 Å². The fourth-order valence-electron chi connectivity index (χ4n) is 2.45. The zero-order valence-electron chi connectivity index (χ0n) is 13.6. The molecule has 0 aliphatic rings. The van der Waals surface area contributed by atoms with E-state index in [4.69, 9.17) is 15.7 Å². The molecule has 0 spiro atoms. The van der Waals surface area contributed by atoms with Gasteiger partial charge in [0.25, 0.3) is 0 Å². The van der Waals surface area contributed by atoms with Gasteiger partial charge in [0.2, 0.25) is 0 Å². The summed E-state index contributed by atoms with van der Waals surface area (Å²) in [5.41, 5.74) is 7.25. The molecule has 1 rings (SSSR count). The zero-order chi connectivity index (χ0) is 16.0. The summed E-state index contributed by atoms with van der Waals surface area (Å²) in [6.07, 6.45) is 0. The van der Waals surface area contributed by atoms with Crippen LogP contribution < -0.4 is 10.5 Å². The first-order chi connectivity index (χ1) is 9.86. The summed E-state index contributed by atoms with van der Waals surface area (Å²) in [6, 6.07) is 6.55. The summed E-state index contributed by atoms with van der Waals surface area (Å²) in [7, 11) is 0. The Morgan fingerprint density at radius 1 is 1.29 bits per heavy atom. The van der Waals surface area contributed by atoms with Crippen molar-refractivity contribution in [1.29, 1.82) is 0 Å². The van der Waals surface area contributed by atoms with E-state index in [0.29, 0.717) is 18.7 Å². The summed E-state index contributed by atoms with van der Waals surface area (Å²) >= 11 is 0. The van der Waals surface area contributed by atoms with Crippen LogP contribution in [0.25, 0.3) is 0 Å². The van der Waals surface area contributed by atoms with Gasteiger partial charge < -0.3 is 15.7 Å². The molecule has 0 heterocycles. The second-order valence-corrected chi connectivity index (χ2v) is 5.74. The van der Waals surface area contributed by atoms with Gasteiger partial charge >= 0.3 is 0 Å². The van der Waals surface area contributed by atoms with Crippen LogP contribution in [0.1, 0.15) is 38.8 Å². The van der Waals surface area contributed by atoms with Gasteiger partial charge in [0, 0.05) is 24.2 Å². The Morgan fingerprint density at radius 2 is 1.90 bits per heavy atom. The predicted molar refractivity (Wildman–Crippen MR) is 86.2 cm³/mol. The van der Waals surface area contributed by atoms with Crippen molar-refractivity contribution in [3.63, 3.8) is 0 Å². The van der Waals surface area contributed by atoms with E-state index in [9.17, 15) is 0 Å². The molecule has 3 N–H and O–H groups in total. The molecule has 0 amide bonds. The third kappa shape index (κ3) is 4.93. The fourth-order valence-corrected chi connectivity index (χ4v) is 2.45. The van der Waals surface area contributed by atoms with E-state index in [1.807, 2.05) is 25.1 Å². The van der Waals surface area contributed by atoms with Gasteiger partial charge in [-0.05, 0) is 58.4 Å². The van der Waals surface area contributed by atoms with Crippen molar-refractivity contribution < 1.29 is 9.94 Å². The molecule has 21 heavy (non-hydrogen) atoms. The van der Waals surface area contributed by atoms with Gasteiger partial charge in [0.05, 0.1) is 0 Å². The van der Waals surface area contributed by atoms with Gasteiger partial charge in [-0.15, -0.1) is 0 Å². The molecular formula is C16H27N3O2. The Kier molecular flexibility index (Phi) is 6.49. The van der Waals surface area contributed by atoms with Crippen LogP contribution in [0.5, 0.6) is 5.75 Å². The lowest BCUT2D eigenvalue weighted by atomic mass is 10.1. The Hall–Kier alpha value is -1.75. The topological polar surface area (TPSA) is 71.1 Å². The molecule has 1 aromatic carbocycles. The lowest BCUT2D eigenvalue weighted by Gasteiger charge is -2.30. The van der Waals surface area contributed by atoms with Crippen molar-refractivity contribution in [2.45, 2.75) is 46.7 Å². The van der Waals surface area contributed by atoms with Crippen LogP contribution in [-0.2, 0) is 0 Å². The van der Waals surface area contributed by atoms with E-state index in [0.717, 1.165) is 23.4 Å². The number of oxime groups is 1. The summed E-state index contributed by atoms with van der Waals surface area (Å²) in [6.45, 7) is 12.2. The number of amidine groups is 1. The van der Waals surface area contributed by atoms with Gasteiger partial charge in [0.1, 0.15) is 12.4 Å². The quantitative estimate of drug-likeness (QED) is 0.351. The molecule has 0 unspecified atom stereocenters. The average Bonchev–Trinajstić information content (AvgIpc) is 2.42. The molecular weight excluding hydrogens is 266 g/mol. The maximum absolute atomic E-state index is 8.71. The molecule has 0 bridgehead atoms. The van der Waals surface area contributed by atoms with Crippen molar-refractivity contribution in [2.24, 2.45) is 10.9 Å². The number of rotatable bonds is 7. The third-order valence-electron chi connectivity index (χ3n) is 3.53. The van der Waals surface area contributed by atoms with Gasteiger partial charge in [-0.1, -0.05) is 5.16 Å². The molecule has 118 valence electrons. The normalized spacial score (nSPS) is 12.5. The lowest BCUT2D eigenvalue weighted by molar-refractivity contribution is 0.142. The number of aryl methyl sites for hydroxylation is 1. The van der Waals surface area contributed by atoms with Crippen molar-refractivity contribution >= 4 is 5.84 Å². The lowest BCUT2D eigenvalue weighted by Crippen LogP contribution is -2.39. The number of nitrogens with zero attached hydrogens (tertiary/aromatic N) is 2. The van der Waals surface area contributed by atoms with E-state index < -0.39 is 0 Å². The zero-order valence-corrected chi connectivity index (χ0v) is 13.6. The van der Waals surface area contributed by atoms with Crippen molar-refractivity contribution in [1.82, 2.24) is 4.90 Å². The average molecular weight is 293 g/mol. The minimum Gasteiger partial charge on any atom is -0.492 e. The molecule has 5 nitrogen and oxygen atoms in total. The van der Waals surface area contributed by atoms with E-state index in [1.54, 1.807) is 0 Å². The Bertz CT molecular complexity index is 476. The number of benzene rings is 1. The third-order valence-corrected chi connectivity index (χ3v) is 3.53. The number of hydrogen-bond donors (Lipinski definition) is 2. The van der Waals surface area contributed by atoms with Crippen LogP contribution in [0, 0.1) is 6.92 Å². The van der Waals surface area contributed by atoms with Crippen LogP contribution in [0.15, 0.2) is 23.4 Å². The van der Waals surface area contributed by atoms with E-state index in [-0.39, 0.29) is 5.84 Å². The Labute approximate surface area is 127 Å². The van der Waals surface area contributed by atoms with E-state index in [1.165, 1.54) is 0 Å². The van der Waals surface area contributed by atoms with E-state index in [2.05, 4.69) is 37.8 Å². The summed E-state index contributed by atoms with van der Waals surface area (Å²) in [5, 5.41) is 11.7.